The van der Waals surface area contributed by atoms with E-state index in [0.717, 1.165) is 4.68 Å². The molecule has 0 unspecified atom stereocenters. The molecule has 8 heteroatoms. The zero-order chi connectivity index (χ0) is 11.6. The molecule has 0 aliphatic rings. The van der Waals surface area contributed by atoms with Gasteiger partial charge in [0.15, 0.2) is 11.6 Å². The Morgan fingerprint density at radius 2 is 2.13 bits per heavy atom. The number of nitrogens with one attached hydrogen (secondary N) is 1. The maximum atomic E-state index is 11.6. The summed E-state index contributed by atoms with van der Waals surface area (Å²) < 4.78 is 1.44. The van der Waals surface area contributed by atoms with Gasteiger partial charge in [0.1, 0.15) is 11.0 Å². The van der Waals surface area contributed by atoms with Gasteiger partial charge in [-0.1, -0.05) is 0 Å². The van der Waals surface area contributed by atoms with Gasteiger partial charge in [0.25, 0.3) is 5.56 Å². The predicted molar refractivity (Wildman–Crippen MR) is 60.0 cm³/mol. The van der Waals surface area contributed by atoms with Crippen molar-refractivity contribution in [2.24, 2.45) is 0 Å². The first kappa shape index (κ1) is 12.3. The summed E-state index contributed by atoms with van der Waals surface area (Å²) in [4.78, 5) is 22.4. The number of aromatic nitrogens is 2. The van der Waals surface area contributed by atoms with Gasteiger partial charge in [-0.05, 0) is 38.8 Å². The lowest BCUT2D eigenvalue weighted by atomic mass is 10.4. The van der Waals surface area contributed by atoms with E-state index in [2.05, 4.69) is 37.0 Å². The molecule has 1 heterocycles. The van der Waals surface area contributed by atoms with E-state index in [4.69, 9.17) is 5.21 Å². The maximum absolute atomic E-state index is 11.6. The van der Waals surface area contributed by atoms with Crippen LogP contribution in [0, 0.1) is 0 Å². The molecule has 0 amide bonds. The second-order valence-corrected chi connectivity index (χ2v) is 4.34. The first-order valence-electron chi connectivity index (χ1n) is 3.83. The summed E-state index contributed by atoms with van der Waals surface area (Å²) in [6.07, 6.45) is 0. The second kappa shape index (κ2) is 4.86. The average Bonchev–Trinajstić information content (AvgIpc) is 2.18. The molecule has 0 bridgehead atoms. The molecule has 0 fully saturated rings. The van der Waals surface area contributed by atoms with Crippen LogP contribution < -0.4 is 11.0 Å². The Kier molecular flexibility index (Phi) is 4.00. The fourth-order valence-corrected chi connectivity index (χ4v) is 1.64. The van der Waals surface area contributed by atoms with E-state index >= 15 is 0 Å². The molecule has 2 N–H and O–H groups in total. The normalized spacial score (nSPS) is 10.1. The van der Waals surface area contributed by atoms with Crippen LogP contribution in [0.15, 0.2) is 13.7 Å². The number of carbonyl (C=O) groups excluding carboxylic acids is 1. The largest absolute Gasteiger partial charge is 0.298 e. The van der Waals surface area contributed by atoms with Crippen LogP contribution >= 0.6 is 31.9 Å². The van der Waals surface area contributed by atoms with E-state index < -0.39 is 5.56 Å². The van der Waals surface area contributed by atoms with Gasteiger partial charge in [0.05, 0.1) is 4.47 Å². The topological polar surface area (TPSA) is 84.2 Å². The fraction of sp³-hybridized carbons (Fsp3) is 0.286. The maximum Gasteiger partial charge on any atom is 0.282 e. The number of rotatable bonds is 3. The first-order valence-corrected chi connectivity index (χ1v) is 5.41. The summed E-state index contributed by atoms with van der Waals surface area (Å²) in [7, 11) is 0. The molecule has 6 nitrogen and oxygen atoms in total. The van der Waals surface area contributed by atoms with Crippen LogP contribution in [0.1, 0.15) is 6.92 Å². The number of ketones is 1. The number of carbonyl (C=O) groups is 1. The number of halogens is 2. The van der Waals surface area contributed by atoms with Crippen molar-refractivity contribution in [3.63, 3.8) is 0 Å². The summed E-state index contributed by atoms with van der Waals surface area (Å²) in [6.45, 7) is 1.20. The first-order chi connectivity index (χ1) is 6.97. The number of anilines is 1. The molecular weight excluding hydrogens is 334 g/mol. The van der Waals surface area contributed by atoms with Gasteiger partial charge in [-0.15, -0.1) is 5.10 Å². The molecule has 0 spiro atoms. The summed E-state index contributed by atoms with van der Waals surface area (Å²) >= 11 is 6.09. The van der Waals surface area contributed by atoms with E-state index in [0.29, 0.717) is 4.47 Å². The molecule has 0 aliphatic heterocycles. The van der Waals surface area contributed by atoms with E-state index in [1.807, 2.05) is 5.48 Å². The van der Waals surface area contributed by atoms with Crippen molar-refractivity contribution in [1.82, 2.24) is 9.78 Å². The summed E-state index contributed by atoms with van der Waals surface area (Å²) in [5.41, 5.74) is 1.37. The molecule has 15 heavy (non-hydrogen) atoms. The second-order valence-electron chi connectivity index (χ2n) is 2.75. The van der Waals surface area contributed by atoms with Gasteiger partial charge in [-0.2, -0.15) is 0 Å². The Balaban J connectivity index is 3.35. The highest BCUT2D eigenvalue weighted by atomic mass is 79.9. The van der Waals surface area contributed by atoms with E-state index in [-0.39, 0.29) is 22.6 Å². The molecule has 0 aromatic carbocycles. The van der Waals surface area contributed by atoms with Crippen LogP contribution in [-0.4, -0.2) is 20.8 Å². The van der Waals surface area contributed by atoms with E-state index in [1.54, 1.807) is 0 Å². The molecule has 0 saturated heterocycles. The number of hydrogen-bond acceptors (Lipinski definition) is 5. The minimum absolute atomic E-state index is 0.0581. The zero-order valence-electron chi connectivity index (χ0n) is 7.62. The van der Waals surface area contributed by atoms with Crippen molar-refractivity contribution in [3.8, 4) is 0 Å². The van der Waals surface area contributed by atoms with Gasteiger partial charge in [-0.3, -0.25) is 14.8 Å². The standard InChI is InChI=1S/C7H7Br2N3O3/c1-3(13)2-12-7(14)5(9)4(8)6(10-12)11-15/h15H,2H2,1H3,(H,10,11). The van der Waals surface area contributed by atoms with Gasteiger partial charge in [-0.25, -0.2) is 10.2 Å². The van der Waals surface area contributed by atoms with Crippen molar-refractivity contribution in [1.29, 1.82) is 0 Å². The van der Waals surface area contributed by atoms with Crippen LogP contribution in [-0.2, 0) is 11.3 Å². The van der Waals surface area contributed by atoms with Crippen molar-refractivity contribution < 1.29 is 10.0 Å². The molecular formula is C7H7Br2N3O3. The summed E-state index contributed by atoms with van der Waals surface area (Å²) in [6, 6.07) is 0. The third kappa shape index (κ3) is 2.64. The van der Waals surface area contributed by atoms with Crippen LogP contribution in [0.2, 0.25) is 0 Å². The number of Topliss-reactive ketones (excluding diaryl/α,β-unsaturated/α-hetero) is 1. The highest BCUT2D eigenvalue weighted by Crippen LogP contribution is 2.25. The monoisotopic (exact) mass is 339 g/mol. The lowest BCUT2D eigenvalue weighted by molar-refractivity contribution is -0.117. The molecule has 82 valence electrons. The van der Waals surface area contributed by atoms with Crippen molar-refractivity contribution in [2.45, 2.75) is 13.5 Å². The molecule has 0 radical (unpaired) electrons. The lowest BCUT2D eigenvalue weighted by Crippen LogP contribution is -2.27. The Morgan fingerprint density at radius 3 is 2.60 bits per heavy atom. The molecule has 0 saturated carbocycles. The van der Waals surface area contributed by atoms with Crippen molar-refractivity contribution in [3.05, 3.63) is 19.3 Å². The Hall–Kier alpha value is -0.730. The van der Waals surface area contributed by atoms with E-state index in [9.17, 15) is 9.59 Å². The van der Waals surface area contributed by atoms with Crippen molar-refractivity contribution in [2.75, 3.05) is 5.48 Å². The quantitative estimate of drug-likeness (QED) is 0.806. The van der Waals surface area contributed by atoms with Crippen LogP contribution in [0.3, 0.4) is 0 Å². The van der Waals surface area contributed by atoms with Gasteiger partial charge < -0.3 is 0 Å². The van der Waals surface area contributed by atoms with Crippen molar-refractivity contribution >= 4 is 43.5 Å². The Morgan fingerprint density at radius 1 is 1.53 bits per heavy atom. The third-order valence-electron chi connectivity index (χ3n) is 1.52. The smallest absolute Gasteiger partial charge is 0.282 e. The Bertz CT molecular complexity index is 458. The van der Waals surface area contributed by atoms with E-state index in [1.165, 1.54) is 6.92 Å². The molecule has 1 aromatic rings. The van der Waals surface area contributed by atoms with Gasteiger partial charge in [0.2, 0.25) is 0 Å². The molecule has 0 aliphatic carbocycles. The number of hydrogen-bond donors (Lipinski definition) is 2. The highest BCUT2D eigenvalue weighted by Gasteiger charge is 2.13. The SMILES string of the molecule is CC(=O)Cn1nc(NO)c(Br)c(Br)c1=O. The Labute approximate surface area is 102 Å². The fourth-order valence-electron chi connectivity index (χ4n) is 0.911. The van der Waals surface area contributed by atoms with Crippen LogP contribution in [0.4, 0.5) is 5.82 Å². The molecule has 1 aromatic heterocycles. The van der Waals surface area contributed by atoms with Gasteiger partial charge >= 0.3 is 0 Å². The lowest BCUT2D eigenvalue weighted by Gasteiger charge is -2.07. The molecule has 0 atom stereocenters. The minimum atomic E-state index is -0.448. The third-order valence-corrected chi connectivity index (χ3v) is 3.56. The summed E-state index contributed by atoms with van der Waals surface area (Å²) in [5.74, 6) is -0.148. The van der Waals surface area contributed by atoms with Crippen LogP contribution in [0.5, 0.6) is 0 Å². The molecule has 1 rings (SSSR count). The summed E-state index contributed by atoms with van der Waals surface area (Å²) in [5, 5.41) is 12.5. The number of nitrogens with zero attached hydrogens (tertiary/aromatic N) is 2. The predicted octanol–water partition coefficient (Wildman–Crippen LogP) is 1.16. The average molecular weight is 341 g/mol. The highest BCUT2D eigenvalue weighted by molar-refractivity contribution is 9.13. The minimum Gasteiger partial charge on any atom is -0.298 e. The van der Waals surface area contributed by atoms with Crippen LogP contribution in [0.25, 0.3) is 0 Å². The van der Waals surface area contributed by atoms with Gasteiger partial charge in [0, 0.05) is 0 Å². The zero-order valence-corrected chi connectivity index (χ0v) is 10.8.